The standard InChI is InChI=1S/C21H21N5O/c22-16(10-15-12-24-19-6-2-1-4-17(15)19)13-25-20(27)8-7-14-11-26-21-18(14)5-3-9-23-21/h1-9,11-12,16,24H,10,13,22H2,(H,23,26)(H,25,27)/t16-/m0/s1. The summed E-state index contributed by atoms with van der Waals surface area (Å²) in [5.41, 5.74) is 10.2. The normalized spacial score (nSPS) is 12.8. The number of nitrogens with one attached hydrogen (secondary N) is 3. The van der Waals surface area contributed by atoms with Gasteiger partial charge < -0.3 is 21.0 Å². The molecule has 0 spiro atoms. The second kappa shape index (κ2) is 7.47. The second-order valence-corrected chi connectivity index (χ2v) is 6.55. The summed E-state index contributed by atoms with van der Waals surface area (Å²) in [6.07, 6.45) is 9.55. The summed E-state index contributed by atoms with van der Waals surface area (Å²) in [5, 5.41) is 5.02. The molecule has 1 amide bonds. The van der Waals surface area contributed by atoms with Crippen LogP contribution >= 0.6 is 0 Å². The van der Waals surface area contributed by atoms with E-state index in [1.807, 2.05) is 42.7 Å². The van der Waals surface area contributed by atoms with Gasteiger partial charge in [-0.25, -0.2) is 4.98 Å². The number of hydrogen-bond donors (Lipinski definition) is 4. The molecule has 3 aromatic heterocycles. The molecule has 136 valence electrons. The number of benzene rings is 1. The fraction of sp³-hybridized carbons (Fsp3) is 0.143. The number of hydrogen-bond acceptors (Lipinski definition) is 3. The smallest absolute Gasteiger partial charge is 0.244 e. The van der Waals surface area contributed by atoms with Crippen LogP contribution in [-0.4, -0.2) is 33.4 Å². The lowest BCUT2D eigenvalue weighted by molar-refractivity contribution is -0.116. The largest absolute Gasteiger partial charge is 0.361 e. The summed E-state index contributed by atoms with van der Waals surface area (Å²) < 4.78 is 0. The summed E-state index contributed by atoms with van der Waals surface area (Å²) in [6, 6.07) is 11.8. The highest BCUT2D eigenvalue weighted by Crippen LogP contribution is 2.19. The first-order chi connectivity index (χ1) is 13.2. The van der Waals surface area contributed by atoms with Crippen molar-refractivity contribution in [3.63, 3.8) is 0 Å². The summed E-state index contributed by atoms with van der Waals surface area (Å²) in [7, 11) is 0. The van der Waals surface area contributed by atoms with E-state index in [-0.39, 0.29) is 11.9 Å². The van der Waals surface area contributed by atoms with Gasteiger partial charge in [0.25, 0.3) is 0 Å². The van der Waals surface area contributed by atoms with Crippen LogP contribution in [0.3, 0.4) is 0 Å². The SMILES string of the molecule is N[C@H](CNC(=O)C=Cc1c[nH]c2ncccc12)Cc1c[nH]c2ccccc12. The molecule has 0 saturated carbocycles. The lowest BCUT2D eigenvalue weighted by atomic mass is 10.1. The minimum Gasteiger partial charge on any atom is -0.361 e. The number of carbonyl (C=O) groups is 1. The van der Waals surface area contributed by atoms with Gasteiger partial charge in [-0.1, -0.05) is 18.2 Å². The predicted molar refractivity (Wildman–Crippen MR) is 108 cm³/mol. The third kappa shape index (κ3) is 3.75. The van der Waals surface area contributed by atoms with Crippen molar-refractivity contribution in [2.24, 2.45) is 5.73 Å². The van der Waals surface area contributed by atoms with Gasteiger partial charge >= 0.3 is 0 Å². The van der Waals surface area contributed by atoms with Gasteiger partial charge in [0.15, 0.2) is 0 Å². The van der Waals surface area contributed by atoms with E-state index in [0.29, 0.717) is 13.0 Å². The number of aromatic amines is 2. The number of rotatable bonds is 6. The van der Waals surface area contributed by atoms with E-state index in [1.165, 1.54) is 11.5 Å². The highest BCUT2D eigenvalue weighted by atomic mass is 16.1. The van der Waals surface area contributed by atoms with E-state index >= 15 is 0 Å². The van der Waals surface area contributed by atoms with Gasteiger partial charge in [0, 0.05) is 59.1 Å². The van der Waals surface area contributed by atoms with Gasteiger partial charge in [-0.15, -0.1) is 0 Å². The first-order valence-corrected chi connectivity index (χ1v) is 8.89. The number of nitrogens with zero attached hydrogens (tertiary/aromatic N) is 1. The van der Waals surface area contributed by atoms with E-state index in [4.69, 9.17) is 5.73 Å². The zero-order valence-electron chi connectivity index (χ0n) is 14.8. The van der Waals surface area contributed by atoms with Crippen molar-refractivity contribution in [3.8, 4) is 0 Å². The molecule has 4 aromatic rings. The minimum absolute atomic E-state index is 0.154. The molecule has 6 heteroatoms. The van der Waals surface area contributed by atoms with Gasteiger partial charge in [-0.2, -0.15) is 0 Å². The highest BCUT2D eigenvalue weighted by molar-refractivity contribution is 5.95. The summed E-state index contributed by atoms with van der Waals surface area (Å²) in [4.78, 5) is 22.7. The van der Waals surface area contributed by atoms with Gasteiger partial charge in [0.05, 0.1) is 0 Å². The molecule has 6 nitrogen and oxygen atoms in total. The predicted octanol–water partition coefficient (Wildman–Crippen LogP) is 2.74. The number of nitrogens with two attached hydrogens (primary N) is 1. The summed E-state index contributed by atoms with van der Waals surface area (Å²) in [6.45, 7) is 0.415. The van der Waals surface area contributed by atoms with E-state index < -0.39 is 0 Å². The Morgan fingerprint density at radius 2 is 2.00 bits per heavy atom. The van der Waals surface area contributed by atoms with E-state index in [1.54, 1.807) is 12.3 Å². The Hall–Kier alpha value is -3.38. The zero-order valence-corrected chi connectivity index (χ0v) is 14.8. The minimum atomic E-state index is -0.164. The van der Waals surface area contributed by atoms with Crippen LogP contribution in [0.5, 0.6) is 0 Å². The van der Waals surface area contributed by atoms with Crippen LogP contribution in [-0.2, 0) is 11.2 Å². The fourth-order valence-corrected chi connectivity index (χ4v) is 3.23. The Balaban J connectivity index is 1.33. The topological polar surface area (TPSA) is 99.6 Å². The van der Waals surface area contributed by atoms with Crippen molar-refractivity contribution in [3.05, 3.63) is 72.2 Å². The summed E-state index contributed by atoms with van der Waals surface area (Å²) in [5.74, 6) is -0.164. The molecule has 0 radical (unpaired) electrons. The van der Waals surface area contributed by atoms with Crippen molar-refractivity contribution >= 4 is 33.9 Å². The zero-order chi connectivity index (χ0) is 18.6. The molecule has 5 N–H and O–H groups in total. The van der Waals surface area contributed by atoms with Gasteiger partial charge in [0.2, 0.25) is 5.91 Å². The molecular weight excluding hydrogens is 338 g/mol. The van der Waals surface area contributed by atoms with Crippen molar-refractivity contribution < 1.29 is 4.79 Å². The van der Waals surface area contributed by atoms with Gasteiger partial charge in [0.1, 0.15) is 5.65 Å². The average molecular weight is 359 g/mol. The quantitative estimate of drug-likeness (QED) is 0.398. The van der Waals surface area contributed by atoms with Crippen LogP contribution in [0.15, 0.2) is 61.1 Å². The van der Waals surface area contributed by atoms with Crippen molar-refractivity contribution in [2.75, 3.05) is 6.54 Å². The maximum atomic E-state index is 12.1. The van der Waals surface area contributed by atoms with E-state index in [0.717, 1.165) is 27.7 Å². The van der Waals surface area contributed by atoms with Crippen molar-refractivity contribution in [2.45, 2.75) is 12.5 Å². The molecule has 0 aliphatic carbocycles. The molecule has 27 heavy (non-hydrogen) atoms. The lowest BCUT2D eigenvalue weighted by Gasteiger charge is -2.11. The monoisotopic (exact) mass is 359 g/mol. The first-order valence-electron chi connectivity index (χ1n) is 8.89. The maximum absolute atomic E-state index is 12.1. The molecule has 0 bridgehead atoms. The van der Waals surface area contributed by atoms with Crippen LogP contribution in [0.4, 0.5) is 0 Å². The van der Waals surface area contributed by atoms with Gasteiger partial charge in [-0.3, -0.25) is 4.79 Å². The van der Waals surface area contributed by atoms with Crippen LogP contribution < -0.4 is 11.1 Å². The number of pyridine rings is 1. The third-order valence-electron chi connectivity index (χ3n) is 4.59. The number of carbonyl (C=O) groups excluding carboxylic acids is 1. The van der Waals surface area contributed by atoms with Crippen LogP contribution in [0.25, 0.3) is 28.0 Å². The van der Waals surface area contributed by atoms with Crippen LogP contribution in [0, 0.1) is 0 Å². The molecule has 1 atom stereocenters. The molecular formula is C21H21N5O. The Morgan fingerprint density at radius 3 is 2.93 bits per heavy atom. The second-order valence-electron chi connectivity index (χ2n) is 6.55. The molecule has 0 saturated heterocycles. The number of amides is 1. The number of fused-ring (bicyclic) bond motifs is 2. The fourth-order valence-electron chi connectivity index (χ4n) is 3.23. The Kier molecular flexibility index (Phi) is 4.72. The first kappa shape index (κ1) is 17.1. The number of para-hydroxylation sites is 1. The molecule has 4 rings (SSSR count). The molecule has 1 aromatic carbocycles. The Labute approximate surface area is 156 Å². The van der Waals surface area contributed by atoms with E-state index in [9.17, 15) is 4.79 Å². The Bertz CT molecular complexity index is 1110. The maximum Gasteiger partial charge on any atom is 0.244 e. The van der Waals surface area contributed by atoms with E-state index in [2.05, 4.69) is 26.3 Å². The average Bonchev–Trinajstić information content (AvgIpc) is 3.29. The lowest BCUT2D eigenvalue weighted by Crippen LogP contribution is -2.37. The van der Waals surface area contributed by atoms with Crippen LogP contribution in [0.1, 0.15) is 11.1 Å². The number of H-pyrrole nitrogens is 2. The van der Waals surface area contributed by atoms with Crippen molar-refractivity contribution in [1.82, 2.24) is 20.3 Å². The van der Waals surface area contributed by atoms with Crippen molar-refractivity contribution in [1.29, 1.82) is 0 Å². The highest BCUT2D eigenvalue weighted by Gasteiger charge is 2.09. The molecule has 3 heterocycles. The molecule has 0 fully saturated rings. The molecule has 0 unspecified atom stereocenters. The Morgan fingerprint density at radius 1 is 1.15 bits per heavy atom. The summed E-state index contributed by atoms with van der Waals surface area (Å²) >= 11 is 0. The van der Waals surface area contributed by atoms with Crippen LogP contribution in [0.2, 0.25) is 0 Å². The third-order valence-corrected chi connectivity index (χ3v) is 4.59. The van der Waals surface area contributed by atoms with Gasteiger partial charge in [-0.05, 0) is 36.3 Å². The molecule has 0 aliphatic rings. The molecule has 0 aliphatic heterocycles. The number of aromatic nitrogens is 3.